The molecule has 2 N–H and O–H groups in total. The van der Waals surface area contributed by atoms with Gasteiger partial charge in [0.15, 0.2) is 6.61 Å². The first-order valence-corrected chi connectivity index (χ1v) is 12.9. The number of fused-ring (bicyclic) bond motifs is 2. The Bertz CT molecular complexity index is 1380. The Balaban J connectivity index is 1.52. The third-order valence-corrected chi connectivity index (χ3v) is 7.60. The lowest BCUT2D eigenvalue weighted by Crippen LogP contribution is -2.25. The average Bonchev–Trinajstić information content (AvgIpc) is 3.17. The lowest BCUT2D eigenvalue weighted by Gasteiger charge is -2.18. The maximum Gasteiger partial charge on any atom is 0.262 e. The molecular weight excluding hydrogens is 470 g/mol. The van der Waals surface area contributed by atoms with E-state index in [2.05, 4.69) is 27.1 Å². The van der Waals surface area contributed by atoms with Gasteiger partial charge in [0, 0.05) is 39.2 Å². The van der Waals surface area contributed by atoms with E-state index in [0.717, 1.165) is 30.7 Å². The van der Waals surface area contributed by atoms with Crippen molar-refractivity contribution < 1.29 is 22.7 Å². The van der Waals surface area contributed by atoms with Gasteiger partial charge in [0.25, 0.3) is 5.91 Å². The summed E-state index contributed by atoms with van der Waals surface area (Å²) in [5.41, 5.74) is 2.50. The van der Waals surface area contributed by atoms with Crippen molar-refractivity contribution >= 4 is 44.2 Å². The number of aromatic nitrogens is 2. The van der Waals surface area contributed by atoms with Crippen molar-refractivity contribution in [2.24, 2.45) is 0 Å². The first kappa shape index (κ1) is 24.7. The van der Waals surface area contributed by atoms with E-state index < -0.39 is 10.0 Å². The lowest BCUT2D eigenvalue weighted by atomic mass is 10.2. The molecule has 0 radical (unpaired) electrons. The van der Waals surface area contributed by atoms with Crippen LogP contribution in [0.4, 0.5) is 11.4 Å². The number of unbranched alkanes of at least 4 members (excludes halogenated alkanes) is 1. The molecule has 10 nitrogen and oxygen atoms in total. The van der Waals surface area contributed by atoms with Crippen LogP contribution in [0.3, 0.4) is 0 Å². The number of nitrogens with one attached hydrogen (secondary N) is 2. The van der Waals surface area contributed by atoms with Crippen LogP contribution in [0.2, 0.25) is 0 Å². The van der Waals surface area contributed by atoms with E-state index in [9.17, 15) is 18.0 Å². The van der Waals surface area contributed by atoms with Gasteiger partial charge in [0.1, 0.15) is 11.6 Å². The number of sulfonamides is 1. The highest BCUT2D eigenvalue weighted by Crippen LogP contribution is 2.30. The summed E-state index contributed by atoms with van der Waals surface area (Å²) in [6.07, 6.45) is 2.51. The number of hydrogen-bond acceptors (Lipinski definition) is 6. The SMILES string of the molecule is CCCCn1c(CCC(=O)Nc2ccc3c(c2)NC(=O)CO3)nc2cc(S(=O)(=O)N(C)C)ccc21. The van der Waals surface area contributed by atoms with Gasteiger partial charge in [-0.2, -0.15) is 0 Å². The van der Waals surface area contributed by atoms with Gasteiger partial charge >= 0.3 is 0 Å². The smallest absolute Gasteiger partial charge is 0.262 e. The zero-order valence-electron chi connectivity index (χ0n) is 20.0. The monoisotopic (exact) mass is 499 g/mol. The molecule has 1 aromatic heterocycles. The molecule has 0 spiro atoms. The summed E-state index contributed by atoms with van der Waals surface area (Å²) in [7, 11) is -0.589. The summed E-state index contributed by atoms with van der Waals surface area (Å²) >= 11 is 0. The van der Waals surface area contributed by atoms with Crippen molar-refractivity contribution in [3.8, 4) is 5.75 Å². The van der Waals surface area contributed by atoms with Gasteiger partial charge in [-0.1, -0.05) is 13.3 Å². The van der Waals surface area contributed by atoms with E-state index in [1.165, 1.54) is 18.4 Å². The molecule has 11 heteroatoms. The Morgan fingerprint density at radius 3 is 2.77 bits per heavy atom. The minimum atomic E-state index is -3.57. The second-order valence-electron chi connectivity index (χ2n) is 8.57. The number of imidazole rings is 1. The van der Waals surface area contributed by atoms with E-state index in [4.69, 9.17) is 4.74 Å². The van der Waals surface area contributed by atoms with E-state index in [0.29, 0.717) is 29.1 Å². The summed E-state index contributed by atoms with van der Waals surface area (Å²) in [4.78, 5) is 29.1. The quantitative estimate of drug-likeness (QED) is 0.467. The number of benzene rings is 2. The summed E-state index contributed by atoms with van der Waals surface area (Å²) in [5.74, 6) is 0.850. The first-order valence-electron chi connectivity index (χ1n) is 11.5. The predicted molar refractivity (Wildman–Crippen MR) is 133 cm³/mol. The van der Waals surface area contributed by atoms with Crippen molar-refractivity contribution in [3.63, 3.8) is 0 Å². The van der Waals surface area contributed by atoms with Gasteiger partial charge in [-0.3, -0.25) is 9.59 Å². The molecule has 0 fully saturated rings. The fraction of sp³-hybridized carbons (Fsp3) is 0.375. The largest absolute Gasteiger partial charge is 0.482 e. The van der Waals surface area contributed by atoms with Crippen molar-refractivity contribution in [1.29, 1.82) is 0 Å². The molecule has 1 aliphatic heterocycles. The molecule has 0 atom stereocenters. The average molecular weight is 500 g/mol. The summed E-state index contributed by atoms with van der Waals surface area (Å²) in [6.45, 7) is 2.80. The molecule has 2 amide bonds. The minimum Gasteiger partial charge on any atom is -0.482 e. The Labute approximate surface area is 204 Å². The highest BCUT2D eigenvalue weighted by Gasteiger charge is 2.20. The normalized spacial score (nSPS) is 13.4. The van der Waals surface area contributed by atoms with Crippen molar-refractivity contribution in [1.82, 2.24) is 13.9 Å². The molecule has 0 unspecified atom stereocenters. The highest BCUT2D eigenvalue weighted by atomic mass is 32.2. The molecule has 186 valence electrons. The molecule has 1 aliphatic rings. The van der Waals surface area contributed by atoms with Gasteiger partial charge in [0.05, 0.1) is 21.6 Å². The summed E-state index contributed by atoms with van der Waals surface area (Å²) in [5, 5.41) is 5.57. The molecule has 0 bridgehead atoms. The third-order valence-electron chi connectivity index (χ3n) is 5.78. The second kappa shape index (κ2) is 10.0. The van der Waals surface area contributed by atoms with Crippen LogP contribution in [0, 0.1) is 0 Å². The lowest BCUT2D eigenvalue weighted by molar-refractivity contribution is -0.118. The number of hydrogen-bond donors (Lipinski definition) is 2. The molecule has 0 saturated heterocycles. The van der Waals surface area contributed by atoms with E-state index in [-0.39, 0.29) is 29.7 Å². The molecule has 2 heterocycles. The molecule has 3 aromatic rings. The van der Waals surface area contributed by atoms with Gasteiger partial charge < -0.3 is 19.9 Å². The third kappa shape index (κ3) is 5.30. The zero-order chi connectivity index (χ0) is 25.2. The summed E-state index contributed by atoms with van der Waals surface area (Å²) < 4.78 is 33.7. The maximum atomic E-state index is 12.7. The van der Waals surface area contributed by atoms with Crippen molar-refractivity contribution in [2.45, 2.75) is 44.0 Å². The van der Waals surface area contributed by atoms with Crippen LogP contribution in [0.5, 0.6) is 5.75 Å². The van der Waals surface area contributed by atoms with Gasteiger partial charge in [-0.05, 0) is 42.8 Å². The number of carbonyl (C=O) groups excluding carboxylic acids is 2. The number of aryl methyl sites for hydroxylation is 2. The van der Waals surface area contributed by atoms with E-state index >= 15 is 0 Å². The van der Waals surface area contributed by atoms with Crippen LogP contribution in [-0.2, 0) is 32.6 Å². The summed E-state index contributed by atoms with van der Waals surface area (Å²) in [6, 6.07) is 10.0. The van der Waals surface area contributed by atoms with Gasteiger partial charge in [-0.15, -0.1) is 0 Å². The highest BCUT2D eigenvalue weighted by molar-refractivity contribution is 7.89. The number of nitrogens with zero attached hydrogens (tertiary/aromatic N) is 3. The topological polar surface area (TPSA) is 123 Å². The van der Waals surface area contributed by atoms with Crippen LogP contribution < -0.4 is 15.4 Å². The van der Waals surface area contributed by atoms with Gasteiger partial charge in [-0.25, -0.2) is 17.7 Å². The van der Waals surface area contributed by atoms with E-state index in [1.807, 2.05) is 0 Å². The number of carbonyl (C=O) groups is 2. The second-order valence-corrected chi connectivity index (χ2v) is 10.7. The molecule has 4 rings (SSSR count). The van der Waals surface area contributed by atoms with E-state index in [1.54, 1.807) is 36.4 Å². The van der Waals surface area contributed by atoms with Crippen LogP contribution in [0.15, 0.2) is 41.3 Å². The Morgan fingerprint density at radius 1 is 1.23 bits per heavy atom. The van der Waals surface area contributed by atoms with Crippen molar-refractivity contribution in [2.75, 3.05) is 31.3 Å². The van der Waals surface area contributed by atoms with Crippen LogP contribution >= 0.6 is 0 Å². The molecule has 35 heavy (non-hydrogen) atoms. The molecular formula is C24H29N5O5S. The number of amides is 2. The number of ether oxygens (including phenoxy) is 1. The number of anilines is 2. The Kier molecular flexibility index (Phi) is 7.08. The van der Waals surface area contributed by atoms with Crippen LogP contribution in [0.25, 0.3) is 11.0 Å². The van der Waals surface area contributed by atoms with Crippen molar-refractivity contribution in [3.05, 3.63) is 42.2 Å². The first-order chi connectivity index (χ1) is 16.7. The number of rotatable bonds is 9. The fourth-order valence-electron chi connectivity index (χ4n) is 3.90. The standard InChI is InChI=1S/C24H29N5O5S/c1-4-5-12-29-20-8-7-17(35(32,33)28(2)3)14-18(20)26-22(29)10-11-23(30)25-16-6-9-21-19(13-16)27-24(31)15-34-21/h6-9,13-14H,4-5,10-12,15H2,1-3H3,(H,25,30)(H,27,31). The Hall–Kier alpha value is -3.44. The minimum absolute atomic E-state index is 0.0275. The van der Waals surface area contributed by atoms with Crippen LogP contribution in [0.1, 0.15) is 32.0 Å². The Morgan fingerprint density at radius 2 is 2.03 bits per heavy atom. The molecule has 2 aromatic carbocycles. The van der Waals surface area contributed by atoms with Gasteiger partial charge in [0.2, 0.25) is 15.9 Å². The molecule has 0 saturated carbocycles. The fourth-order valence-corrected chi connectivity index (χ4v) is 4.82. The zero-order valence-corrected chi connectivity index (χ0v) is 20.8. The predicted octanol–water partition coefficient (Wildman–Crippen LogP) is 2.99. The van der Waals surface area contributed by atoms with Crippen LogP contribution in [-0.4, -0.2) is 54.8 Å². The molecule has 0 aliphatic carbocycles. The maximum absolute atomic E-state index is 12.7.